The van der Waals surface area contributed by atoms with Gasteiger partial charge in [-0.25, -0.2) is 14.8 Å². The summed E-state index contributed by atoms with van der Waals surface area (Å²) in [5.41, 5.74) is 2.15. The van der Waals surface area contributed by atoms with Gasteiger partial charge >= 0.3 is 5.97 Å². The molecule has 0 bridgehead atoms. The topological polar surface area (TPSA) is 72.3 Å². The van der Waals surface area contributed by atoms with E-state index in [0.29, 0.717) is 11.4 Å². The van der Waals surface area contributed by atoms with Crippen molar-refractivity contribution in [2.45, 2.75) is 0 Å². The van der Waals surface area contributed by atoms with Crippen molar-refractivity contribution in [1.29, 1.82) is 0 Å². The minimum Gasteiger partial charge on any atom is -0.480 e. The maximum Gasteiger partial charge on any atom is 0.328 e. The van der Waals surface area contributed by atoms with Crippen LogP contribution in [0.5, 0.6) is 5.88 Å². The van der Waals surface area contributed by atoms with Gasteiger partial charge in [0.05, 0.1) is 24.3 Å². The normalized spacial score (nSPS) is 10.9. The van der Waals surface area contributed by atoms with E-state index in [1.54, 1.807) is 18.2 Å². The van der Waals surface area contributed by atoms with Crippen molar-refractivity contribution >= 4 is 23.1 Å². The Morgan fingerprint density at radius 1 is 1.41 bits per heavy atom. The summed E-state index contributed by atoms with van der Waals surface area (Å²) in [5, 5.41) is 8.54. The second-order valence-electron chi connectivity index (χ2n) is 3.33. The molecule has 1 heterocycles. The molecular weight excluding hydrogens is 220 g/mol. The molecule has 5 heteroatoms. The third kappa shape index (κ3) is 2.57. The molecule has 0 radical (unpaired) electrons. The van der Waals surface area contributed by atoms with Crippen LogP contribution in [-0.2, 0) is 4.79 Å². The Morgan fingerprint density at radius 3 is 2.94 bits per heavy atom. The first kappa shape index (κ1) is 11.1. The Morgan fingerprint density at radius 2 is 2.24 bits per heavy atom. The highest BCUT2D eigenvalue weighted by Crippen LogP contribution is 2.15. The number of ether oxygens (including phenoxy) is 1. The number of aromatic nitrogens is 2. The predicted octanol–water partition coefficient (Wildman–Crippen LogP) is 1.74. The van der Waals surface area contributed by atoms with E-state index in [1.165, 1.54) is 19.4 Å². The highest BCUT2D eigenvalue weighted by atomic mass is 16.5. The number of carbonyl (C=O) groups is 1. The van der Waals surface area contributed by atoms with Gasteiger partial charge in [0.15, 0.2) is 0 Å². The number of hydrogen-bond donors (Lipinski definition) is 1. The van der Waals surface area contributed by atoms with Gasteiger partial charge < -0.3 is 9.84 Å². The van der Waals surface area contributed by atoms with Crippen LogP contribution in [0.2, 0.25) is 0 Å². The van der Waals surface area contributed by atoms with Gasteiger partial charge in [0.1, 0.15) is 0 Å². The fourth-order valence-corrected chi connectivity index (χ4v) is 1.38. The van der Waals surface area contributed by atoms with Crippen molar-refractivity contribution in [2.75, 3.05) is 7.11 Å². The summed E-state index contributed by atoms with van der Waals surface area (Å²) in [6, 6.07) is 5.32. The number of aliphatic carboxylic acids is 1. The smallest absolute Gasteiger partial charge is 0.328 e. The number of methoxy groups -OCH3 is 1. The molecule has 0 atom stereocenters. The van der Waals surface area contributed by atoms with Gasteiger partial charge in [-0.15, -0.1) is 0 Å². The van der Waals surface area contributed by atoms with Crippen LogP contribution in [0.15, 0.2) is 30.5 Å². The molecule has 0 saturated carbocycles. The number of benzene rings is 1. The van der Waals surface area contributed by atoms with Crippen LogP contribution in [0.4, 0.5) is 0 Å². The highest BCUT2D eigenvalue weighted by molar-refractivity contribution is 5.86. The van der Waals surface area contributed by atoms with Crippen molar-refractivity contribution in [3.05, 3.63) is 36.0 Å². The zero-order valence-corrected chi connectivity index (χ0v) is 9.12. The van der Waals surface area contributed by atoms with Crippen LogP contribution < -0.4 is 4.74 Å². The van der Waals surface area contributed by atoms with E-state index in [2.05, 4.69) is 9.97 Å². The van der Waals surface area contributed by atoms with Crippen LogP contribution in [-0.4, -0.2) is 28.2 Å². The van der Waals surface area contributed by atoms with E-state index < -0.39 is 5.97 Å². The molecular formula is C12H10N2O3. The summed E-state index contributed by atoms with van der Waals surface area (Å²) in [6.07, 6.45) is 4.12. The number of rotatable bonds is 3. The molecule has 0 aliphatic carbocycles. The first-order valence-corrected chi connectivity index (χ1v) is 4.91. The first-order valence-electron chi connectivity index (χ1n) is 4.91. The summed E-state index contributed by atoms with van der Waals surface area (Å²) in [7, 11) is 1.52. The van der Waals surface area contributed by atoms with Gasteiger partial charge in [0, 0.05) is 6.08 Å². The van der Waals surface area contributed by atoms with Crippen LogP contribution in [0.25, 0.3) is 17.1 Å². The molecule has 1 aromatic heterocycles. The van der Waals surface area contributed by atoms with Gasteiger partial charge in [0.2, 0.25) is 5.88 Å². The fraction of sp³-hybridized carbons (Fsp3) is 0.0833. The Hall–Kier alpha value is -2.43. The Balaban J connectivity index is 2.44. The molecule has 0 aliphatic heterocycles. The molecule has 5 nitrogen and oxygen atoms in total. The van der Waals surface area contributed by atoms with E-state index in [9.17, 15) is 4.79 Å². The van der Waals surface area contributed by atoms with Crippen molar-refractivity contribution in [3.8, 4) is 5.88 Å². The summed E-state index contributed by atoms with van der Waals surface area (Å²) in [6.45, 7) is 0. The Kier molecular flexibility index (Phi) is 3.00. The fourth-order valence-electron chi connectivity index (χ4n) is 1.38. The SMILES string of the molecule is COc1cnc2ccc(/C=C/C(=O)O)cc2n1. The van der Waals surface area contributed by atoms with Crippen molar-refractivity contribution in [3.63, 3.8) is 0 Å². The molecule has 0 unspecified atom stereocenters. The molecule has 1 N–H and O–H groups in total. The second-order valence-corrected chi connectivity index (χ2v) is 3.33. The summed E-state index contributed by atoms with van der Waals surface area (Å²) >= 11 is 0. The van der Waals surface area contributed by atoms with Crippen LogP contribution >= 0.6 is 0 Å². The number of hydrogen-bond acceptors (Lipinski definition) is 4. The molecule has 0 amide bonds. The number of fused-ring (bicyclic) bond motifs is 1. The molecule has 2 aromatic rings. The zero-order chi connectivity index (χ0) is 12.3. The maximum absolute atomic E-state index is 10.4. The largest absolute Gasteiger partial charge is 0.480 e. The average Bonchev–Trinajstić information content (AvgIpc) is 2.35. The quantitative estimate of drug-likeness (QED) is 0.813. The molecule has 0 aliphatic rings. The first-order chi connectivity index (χ1) is 8.19. The lowest BCUT2D eigenvalue weighted by molar-refractivity contribution is -0.131. The van der Waals surface area contributed by atoms with Gasteiger partial charge in [0.25, 0.3) is 0 Å². The van der Waals surface area contributed by atoms with Gasteiger partial charge in [-0.2, -0.15) is 0 Å². The van der Waals surface area contributed by atoms with Crippen molar-refractivity contribution < 1.29 is 14.6 Å². The number of carboxylic acid groups (broad SMARTS) is 1. The standard InChI is InChI=1S/C12H10N2O3/c1-17-11-7-13-9-4-2-8(3-5-12(15)16)6-10(9)14-11/h2-7H,1H3,(H,15,16)/b5-3+. The van der Waals surface area contributed by atoms with E-state index in [4.69, 9.17) is 9.84 Å². The lowest BCUT2D eigenvalue weighted by atomic mass is 10.2. The van der Waals surface area contributed by atoms with E-state index in [-0.39, 0.29) is 0 Å². The van der Waals surface area contributed by atoms with Crippen molar-refractivity contribution in [1.82, 2.24) is 9.97 Å². The monoisotopic (exact) mass is 230 g/mol. The third-order valence-electron chi connectivity index (χ3n) is 2.17. The van der Waals surface area contributed by atoms with E-state index in [1.807, 2.05) is 0 Å². The lowest BCUT2D eigenvalue weighted by Gasteiger charge is -2.01. The highest BCUT2D eigenvalue weighted by Gasteiger charge is 2.00. The van der Waals surface area contributed by atoms with Gasteiger partial charge in [-0.05, 0) is 23.8 Å². The predicted molar refractivity (Wildman–Crippen MR) is 62.8 cm³/mol. The van der Waals surface area contributed by atoms with Gasteiger partial charge in [-0.3, -0.25) is 0 Å². The maximum atomic E-state index is 10.4. The zero-order valence-electron chi connectivity index (χ0n) is 9.12. The lowest BCUT2D eigenvalue weighted by Crippen LogP contribution is -1.91. The number of nitrogens with zero attached hydrogens (tertiary/aromatic N) is 2. The summed E-state index contributed by atoms with van der Waals surface area (Å²) in [5.74, 6) is -0.557. The Labute approximate surface area is 97.4 Å². The minimum absolute atomic E-state index is 0.428. The second kappa shape index (κ2) is 4.61. The molecule has 0 saturated heterocycles. The van der Waals surface area contributed by atoms with E-state index >= 15 is 0 Å². The molecule has 86 valence electrons. The molecule has 2 rings (SSSR count). The third-order valence-corrected chi connectivity index (χ3v) is 2.17. The summed E-state index contributed by atoms with van der Waals surface area (Å²) < 4.78 is 4.97. The minimum atomic E-state index is -0.984. The summed E-state index contributed by atoms with van der Waals surface area (Å²) in [4.78, 5) is 18.8. The van der Waals surface area contributed by atoms with Gasteiger partial charge in [-0.1, -0.05) is 6.07 Å². The van der Waals surface area contributed by atoms with Crippen LogP contribution in [0.1, 0.15) is 5.56 Å². The molecule has 0 spiro atoms. The van der Waals surface area contributed by atoms with Crippen LogP contribution in [0.3, 0.4) is 0 Å². The Bertz CT molecular complexity index is 593. The van der Waals surface area contributed by atoms with Crippen molar-refractivity contribution in [2.24, 2.45) is 0 Å². The molecule has 17 heavy (non-hydrogen) atoms. The van der Waals surface area contributed by atoms with E-state index in [0.717, 1.165) is 17.2 Å². The molecule has 0 fully saturated rings. The molecule has 1 aromatic carbocycles. The number of carboxylic acids is 1. The van der Waals surface area contributed by atoms with Crippen LogP contribution in [0, 0.1) is 0 Å². The average molecular weight is 230 g/mol.